The number of hydrogen-bond donors (Lipinski definition) is 1. The topological polar surface area (TPSA) is 81.7 Å². The smallest absolute Gasteiger partial charge is 0.211 e. The first-order valence-corrected chi connectivity index (χ1v) is 16.1. The molecular weight excluding hydrogens is 594 g/mol. The van der Waals surface area contributed by atoms with Crippen LogP contribution in [0.1, 0.15) is 45.5 Å². The first kappa shape index (κ1) is 30.9. The summed E-state index contributed by atoms with van der Waals surface area (Å²) in [6.07, 6.45) is 3.91. The quantitative estimate of drug-likeness (QED) is 0.242. The average Bonchev–Trinajstić information content (AvgIpc) is 3.08. The molecule has 0 saturated heterocycles. The second-order valence-corrected chi connectivity index (χ2v) is 12.6. The third-order valence-corrected chi connectivity index (χ3v) is 9.88. The lowest BCUT2D eigenvalue weighted by molar-refractivity contribution is -0.105. The van der Waals surface area contributed by atoms with Crippen LogP contribution in [-0.4, -0.2) is 64.7 Å². The van der Waals surface area contributed by atoms with Crippen LogP contribution in [0, 0.1) is 0 Å². The van der Waals surface area contributed by atoms with Crippen molar-refractivity contribution in [2.75, 3.05) is 53.8 Å². The van der Waals surface area contributed by atoms with Crippen molar-refractivity contribution in [1.82, 2.24) is 9.80 Å². The minimum atomic E-state index is -0.0491. The maximum absolute atomic E-state index is 11.5. The van der Waals surface area contributed by atoms with Crippen LogP contribution in [0.25, 0.3) is 0 Å². The van der Waals surface area contributed by atoms with Crippen molar-refractivity contribution in [2.24, 2.45) is 0 Å². The van der Waals surface area contributed by atoms with Crippen LogP contribution in [0.2, 0.25) is 0 Å². The van der Waals surface area contributed by atoms with Gasteiger partial charge in [0.05, 0.1) is 27.0 Å². The summed E-state index contributed by atoms with van der Waals surface area (Å²) in [5, 5.41) is 2.81. The summed E-state index contributed by atoms with van der Waals surface area (Å²) in [5.41, 5.74) is 7.54. The predicted octanol–water partition coefficient (Wildman–Crippen LogP) is 6.72. The third kappa shape index (κ3) is 5.74. The molecule has 2 atom stereocenters. The van der Waals surface area contributed by atoms with Crippen LogP contribution in [0.15, 0.2) is 60.7 Å². The van der Waals surface area contributed by atoms with Gasteiger partial charge in [-0.25, -0.2) is 0 Å². The summed E-state index contributed by atoms with van der Waals surface area (Å²) in [6, 6.07) is 20.6. The van der Waals surface area contributed by atoms with Gasteiger partial charge in [-0.1, -0.05) is 18.2 Å². The summed E-state index contributed by atoms with van der Waals surface area (Å²) < 4.78 is 31.3. The number of carbonyl (C=O) groups is 1. The fourth-order valence-corrected chi connectivity index (χ4v) is 7.31. The number of likely N-dealkylation sites (N-methyl/N-ethyl adjacent to an activating group) is 2. The molecule has 1 amide bonds. The normalized spacial score (nSPS) is 18.9. The Hall–Kier alpha value is -4.73. The van der Waals surface area contributed by atoms with Gasteiger partial charge in [0.25, 0.3) is 0 Å². The lowest BCUT2D eigenvalue weighted by Crippen LogP contribution is -2.34. The van der Waals surface area contributed by atoms with Gasteiger partial charge in [0.1, 0.15) is 5.75 Å². The van der Waals surface area contributed by atoms with Crippen LogP contribution < -0.4 is 29.0 Å². The van der Waals surface area contributed by atoms with Gasteiger partial charge in [-0.3, -0.25) is 14.6 Å². The van der Waals surface area contributed by atoms with E-state index in [-0.39, 0.29) is 12.1 Å². The molecule has 4 aromatic carbocycles. The Kier molecular flexibility index (Phi) is 8.42. The zero-order valence-electron chi connectivity index (χ0n) is 27.6. The molecule has 0 fully saturated rings. The number of fused-ring (bicyclic) bond motifs is 2. The number of amides is 1. The molecule has 0 aliphatic carbocycles. The number of nitrogens with zero attached hydrogens (tertiary/aromatic N) is 2. The Bertz CT molecular complexity index is 1810. The molecule has 6 bridgehead atoms. The molecule has 4 aromatic rings. The van der Waals surface area contributed by atoms with Crippen molar-refractivity contribution in [2.45, 2.75) is 37.8 Å². The van der Waals surface area contributed by atoms with E-state index in [0.717, 1.165) is 49.0 Å². The summed E-state index contributed by atoms with van der Waals surface area (Å²) in [5.74, 6) is 4.42. The molecule has 4 heterocycles. The number of nitrogens with one attached hydrogen (secondary N) is 1. The molecule has 47 heavy (non-hydrogen) atoms. The number of hydrogen-bond acceptors (Lipinski definition) is 8. The van der Waals surface area contributed by atoms with E-state index in [1.165, 1.54) is 16.7 Å². The molecule has 0 radical (unpaired) electrons. The second-order valence-electron chi connectivity index (χ2n) is 12.6. The van der Waals surface area contributed by atoms with Crippen molar-refractivity contribution in [3.63, 3.8) is 0 Å². The van der Waals surface area contributed by atoms with E-state index in [0.29, 0.717) is 58.8 Å². The Morgan fingerprint density at radius 3 is 2.15 bits per heavy atom. The van der Waals surface area contributed by atoms with Crippen LogP contribution in [-0.2, 0) is 30.5 Å². The third-order valence-electron chi connectivity index (χ3n) is 9.88. The van der Waals surface area contributed by atoms with Crippen LogP contribution >= 0.6 is 0 Å². The molecule has 0 saturated carbocycles. The number of anilines is 1. The van der Waals surface area contributed by atoms with E-state index in [9.17, 15) is 4.79 Å². The SMILES string of the molecule is COc1cc2c3cc1Oc1c(OC)c(OC)cc4c1[C@@H](Cc1ccc(NC=O)c(c1)Oc1ccc(cc1)C[C@@H]3N(C)CC2)N(C)CC4. The minimum absolute atomic E-state index is 0.0491. The van der Waals surface area contributed by atoms with E-state index in [1.807, 2.05) is 30.3 Å². The highest BCUT2D eigenvalue weighted by Gasteiger charge is 2.34. The molecule has 8 rings (SSSR count). The lowest BCUT2D eigenvalue weighted by atomic mass is 9.87. The van der Waals surface area contributed by atoms with Crippen LogP contribution in [0.5, 0.6) is 40.2 Å². The van der Waals surface area contributed by atoms with E-state index in [1.54, 1.807) is 21.3 Å². The highest BCUT2D eigenvalue weighted by molar-refractivity contribution is 5.76. The second kappa shape index (κ2) is 12.8. The zero-order valence-corrected chi connectivity index (χ0v) is 27.6. The maximum Gasteiger partial charge on any atom is 0.211 e. The Labute approximate surface area is 275 Å². The number of rotatable bonds is 5. The molecule has 244 valence electrons. The van der Waals surface area contributed by atoms with Crippen molar-refractivity contribution < 1.29 is 28.5 Å². The fourth-order valence-electron chi connectivity index (χ4n) is 7.31. The van der Waals surface area contributed by atoms with Crippen LogP contribution in [0.3, 0.4) is 0 Å². The highest BCUT2D eigenvalue weighted by Crippen LogP contribution is 2.52. The van der Waals surface area contributed by atoms with Gasteiger partial charge in [0.15, 0.2) is 28.7 Å². The average molecular weight is 636 g/mol. The number of methoxy groups -OCH3 is 3. The Morgan fingerprint density at radius 1 is 0.745 bits per heavy atom. The van der Waals surface area contributed by atoms with Gasteiger partial charge in [-0.15, -0.1) is 0 Å². The zero-order chi connectivity index (χ0) is 32.7. The summed E-state index contributed by atoms with van der Waals surface area (Å²) in [7, 11) is 9.32. The van der Waals surface area contributed by atoms with E-state index >= 15 is 0 Å². The van der Waals surface area contributed by atoms with Crippen LogP contribution in [0.4, 0.5) is 5.69 Å². The van der Waals surface area contributed by atoms with Crippen molar-refractivity contribution in [3.05, 3.63) is 94.0 Å². The molecule has 0 unspecified atom stereocenters. The molecule has 1 N–H and O–H groups in total. The first-order chi connectivity index (χ1) is 22.9. The molecule has 4 aliphatic heterocycles. The maximum atomic E-state index is 11.5. The van der Waals surface area contributed by atoms with Gasteiger partial charge >= 0.3 is 0 Å². The van der Waals surface area contributed by atoms with Crippen molar-refractivity contribution in [1.29, 1.82) is 0 Å². The fraction of sp³-hybridized carbons (Fsp3) is 0.342. The molecule has 0 aromatic heterocycles. The largest absolute Gasteiger partial charge is 0.493 e. The van der Waals surface area contributed by atoms with Gasteiger partial charge in [0.2, 0.25) is 12.2 Å². The number of carbonyl (C=O) groups excluding carboxylic acids is 1. The Morgan fingerprint density at radius 2 is 1.43 bits per heavy atom. The molecule has 9 nitrogen and oxygen atoms in total. The molecular formula is C38H41N3O6. The molecule has 9 heteroatoms. The first-order valence-electron chi connectivity index (χ1n) is 16.1. The summed E-state index contributed by atoms with van der Waals surface area (Å²) >= 11 is 0. The monoisotopic (exact) mass is 635 g/mol. The number of benzene rings is 4. The van der Waals surface area contributed by atoms with Gasteiger partial charge in [-0.05, 0) is 110 Å². The lowest BCUT2D eigenvalue weighted by Gasteiger charge is -2.37. The van der Waals surface area contributed by atoms with Gasteiger partial charge in [0, 0.05) is 30.7 Å². The molecule has 4 aliphatic rings. The van der Waals surface area contributed by atoms with E-state index < -0.39 is 0 Å². The van der Waals surface area contributed by atoms with Gasteiger partial charge < -0.3 is 29.0 Å². The number of ether oxygens (including phenoxy) is 5. The van der Waals surface area contributed by atoms with Gasteiger partial charge in [-0.2, -0.15) is 0 Å². The summed E-state index contributed by atoms with van der Waals surface area (Å²) in [4.78, 5) is 16.3. The van der Waals surface area contributed by atoms with E-state index in [2.05, 4.69) is 59.5 Å². The van der Waals surface area contributed by atoms with E-state index in [4.69, 9.17) is 23.7 Å². The van der Waals surface area contributed by atoms with Crippen molar-refractivity contribution >= 4 is 12.1 Å². The summed E-state index contributed by atoms with van der Waals surface area (Å²) in [6.45, 7) is 1.81. The van der Waals surface area contributed by atoms with Crippen molar-refractivity contribution in [3.8, 4) is 40.2 Å². The highest BCUT2D eigenvalue weighted by atomic mass is 16.5. The molecule has 0 spiro atoms. The predicted molar refractivity (Wildman–Crippen MR) is 181 cm³/mol. The standard InChI is InChI=1S/C38H41N3O6/c1-40-14-12-25-19-33(43-3)34-21-28(25)30(40)16-23-6-9-27(10-7-23)46-32-18-24(8-11-29(32)39-22-42)17-31-36-26(13-15-41(31)2)20-35(44-4)37(45-5)38(36)47-34/h6-11,18-22,30-31H,12-17H2,1-5H3,(H,39,42)/t30-,31+/m0/s1. The Balaban J connectivity index is 1.46. The minimum Gasteiger partial charge on any atom is -0.493 e.